The van der Waals surface area contributed by atoms with Gasteiger partial charge in [-0.1, -0.05) is 30.3 Å². The van der Waals surface area contributed by atoms with E-state index in [-0.39, 0.29) is 5.43 Å². The average molecular weight is 146 g/mol. The van der Waals surface area contributed by atoms with E-state index in [0.29, 0.717) is 0 Å². The van der Waals surface area contributed by atoms with E-state index in [4.69, 9.17) is 0 Å². The number of rotatable bonds is 0. The largest absolute Gasteiger partial charge is 0.289 e. The van der Waals surface area contributed by atoms with Gasteiger partial charge in [-0.15, -0.1) is 6.58 Å². The fourth-order valence-corrected chi connectivity index (χ4v) is 0.833. The van der Waals surface area contributed by atoms with Crippen molar-refractivity contribution in [2.24, 2.45) is 0 Å². The molecular weight excluding hydrogens is 136 g/mol. The van der Waals surface area contributed by atoms with Crippen molar-refractivity contribution in [3.63, 3.8) is 0 Å². The van der Waals surface area contributed by atoms with Gasteiger partial charge in [0.15, 0.2) is 5.43 Å². The molecule has 0 unspecified atom stereocenters. The molecule has 2 aromatic rings. The minimum absolute atomic E-state index is 0.218. The summed E-state index contributed by atoms with van der Waals surface area (Å²) in [6.07, 6.45) is 1.75. The maximum absolute atomic E-state index is 10.5. The van der Waals surface area contributed by atoms with Gasteiger partial charge in [-0.3, -0.25) is 4.79 Å². The SMILES string of the molecule is C=CC.O=c1c2ccccc12. The van der Waals surface area contributed by atoms with E-state index >= 15 is 0 Å². The Morgan fingerprint density at radius 2 is 1.64 bits per heavy atom. The fourth-order valence-electron chi connectivity index (χ4n) is 0.833. The molecule has 0 aliphatic rings. The Kier molecular flexibility index (Phi) is 2.21. The summed E-state index contributed by atoms with van der Waals surface area (Å²) in [5, 5.41) is 1.79. The first-order valence-corrected chi connectivity index (χ1v) is 3.52. The molecular formula is C10H10O. The summed E-state index contributed by atoms with van der Waals surface area (Å²) >= 11 is 0. The van der Waals surface area contributed by atoms with Crippen LogP contribution in [0.4, 0.5) is 0 Å². The first-order valence-electron chi connectivity index (χ1n) is 3.52. The molecule has 0 saturated carbocycles. The third-order valence-corrected chi connectivity index (χ3v) is 1.35. The Bertz CT molecular complexity index is 333. The highest BCUT2D eigenvalue weighted by Crippen LogP contribution is 2.11. The molecule has 2 aromatic carbocycles. The minimum atomic E-state index is 0.218. The van der Waals surface area contributed by atoms with Crippen molar-refractivity contribution in [3.8, 4) is 0 Å². The van der Waals surface area contributed by atoms with Crippen LogP contribution < -0.4 is 5.43 Å². The number of hydrogen-bond acceptors (Lipinski definition) is 1. The Morgan fingerprint density at radius 3 is 1.91 bits per heavy atom. The van der Waals surface area contributed by atoms with Crippen LogP contribution >= 0.6 is 0 Å². The van der Waals surface area contributed by atoms with Crippen molar-refractivity contribution >= 4 is 10.8 Å². The second-order valence-electron chi connectivity index (χ2n) is 2.28. The van der Waals surface area contributed by atoms with E-state index in [0.717, 1.165) is 10.8 Å². The van der Waals surface area contributed by atoms with E-state index in [2.05, 4.69) is 6.58 Å². The lowest BCUT2D eigenvalue weighted by Gasteiger charge is -1.66. The smallest absolute Gasteiger partial charge is 0.194 e. The minimum Gasteiger partial charge on any atom is -0.289 e. The molecule has 11 heavy (non-hydrogen) atoms. The summed E-state index contributed by atoms with van der Waals surface area (Å²) in [6.45, 7) is 5.25. The van der Waals surface area contributed by atoms with Crippen molar-refractivity contribution < 1.29 is 0 Å². The van der Waals surface area contributed by atoms with Gasteiger partial charge in [-0.05, 0) is 6.92 Å². The highest BCUT2D eigenvalue weighted by atomic mass is 16.1. The molecule has 2 rings (SSSR count). The Morgan fingerprint density at radius 1 is 1.27 bits per heavy atom. The van der Waals surface area contributed by atoms with Gasteiger partial charge in [0.05, 0.1) is 0 Å². The molecule has 0 fully saturated rings. The molecule has 0 amide bonds. The average Bonchev–Trinajstić information content (AvgIpc) is 2.66. The summed E-state index contributed by atoms with van der Waals surface area (Å²) in [4.78, 5) is 10.5. The summed E-state index contributed by atoms with van der Waals surface area (Å²) < 4.78 is 0. The third kappa shape index (κ3) is 1.55. The van der Waals surface area contributed by atoms with Gasteiger partial charge in [0.25, 0.3) is 0 Å². The predicted octanol–water partition coefficient (Wildman–Crippen LogP) is 2.27. The maximum atomic E-state index is 10.5. The molecule has 0 atom stereocenters. The van der Waals surface area contributed by atoms with Gasteiger partial charge < -0.3 is 0 Å². The van der Waals surface area contributed by atoms with Crippen LogP contribution in [-0.2, 0) is 0 Å². The number of fused-ring (bicyclic) bond motifs is 1. The zero-order valence-corrected chi connectivity index (χ0v) is 6.50. The normalized spacial score (nSPS) is 9.18. The number of allylic oxidation sites excluding steroid dienone is 1. The lowest BCUT2D eigenvalue weighted by atomic mass is 10.4. The van der Waals surface area contributed by atoms with E-state index in [1.165, 1.54) is 0 Å². The molecule has 0 aromatic heterocycles. The highest BCUT2D eigenvalue weighted by molar-refractivity contribution is 5.96. The summed E-state index contributed by atoms with van der Waals surface area (Å²) in [5.41, 5.74) is 0.218. The molecule has 0 radical (unpaired) electrons. The molecule has 1 nitrogen and oxygen atoms in total. The van der Waals surface area contributed by atoms with Crippen molar-refractivity contribution in [3.05, 3.63) is 47.1 Å². The zero-order valence-electron chi connectivity index (χ0n) is 6.50. The predicted molar refractivity (Wildman–Crippen MR) is 48.5 cm³/mol. The van der Waals surface area contributed by atoms with Crippen molar-refractivity contribution in [2.75, 3.05) is 0 Å². The van der Waals surface area contributed by atoms with Gasteiger partial charge in [-0.2, -0.15) is 0 Å². The van der Waals surface area contributed by atoms with Crippen LogP contribution in [-0.4, -0.2) is 0 Å². The lowest BCUT2D eigenvalue weighted by Crippen LogP contribution is -1.66. The monoisotopic (exact) mass is 146 g/mol. The molecule has 0 N–H and O–H groups in total. The molecule has 0 aliphatic carbocycles. The number of benzene rings is 1. The molecule has 0 heterocycles. The topological polar surface area (TPSA) is 17.1 Å². The van der Waals surface area contributed by atoms with E-state index in [1.54, 1.807) is 6.08 Å². The summed E-state index contributed by atoms with van der Waals surface area (Å²) in [7, 11) is 0. The molecule has 56 valence electrons. The third-order valence-electron chi connectivity index (χ3n) is 1.35. The quantitative estimate of drug-likeness (QED) is 0.521. The molecule has 0 aliphatic heterocycles. The zero-order chi connectivity index (χ0) is 8.27. The number of hydrogen-bond donors (Lipinski definition) is 0. The van der Waals surface area contributed by atoms with Gasteiger partial charge in [0, 0.05) is 10.8 Å². The van der Waals surface area contributed by atoms with Crippen molar-refractivity contribution in [2.45, 2.75) is 6.92 Å². The van der Waals surface area contributed by atoms with Crippen LogP contribution in [0.15, 0.2) is 41.7 Å². The lowest BCUT2D eigenvalue weighted by molar-refractivity contribution is 1.80. The highest BCUT2D eigenvalue weighted by Gasteiger charge is 2.07. The molecule has 0 bridgehead atoms. The molecule has 1 heteroatoms. The van der Waals surface area contributed by atoms with Crippen molar-refractivity contribution in [1.29, 1.82) is 0 Å². The van der Waals surface area contributed by atoms with Crippen LogP contribution in [0.5, 0.6) is 0 Å². The van der Waals surface area contributed by atoms with Crippen LogP contribution in [0.25, 0.3) is 10.8 Å². The van der Waals surface area contributed by atoms with Crippen LogP contribution in [0.2, 0.25) is 0 Å². The van der Waals surface area contributed by atoms with Crippen molar-refractivity contribution in [1.82, 2.24) is 0 Å². The van der Waals surface area contributed by atoms with Crippen LogP contribution in [0, 0.1) is 0 Å². The molecule has 0 spiro atoms. The van der Waals surface area contributed by atoms with E-state index in [9.17, 15) is 4.79 Å². The molecule has 0 saturated heterocycles. The summed E-state index contributed by atoms with van der Waals surface area (Å²) in [6, 6.07) is 7.45. The fraction of sp³-hybridized carbons (Fsp3) is 0.100. The second kappa shape index (κ2) is 3.15. The van der Waals surface area contributed by atoms with Crippen LogP contribution in [0.3, 0.4) is 0 Å². The first kappa shape index (κ1) is 7.73. The first-order chi connectivity index (χ1) is 5.31. The van der Waals surface area contributed by atoms with Gasteiger partial charge in [-0.25, -0.2) is 0 Å². The van der Waals surface area contributed by atoms with E-state index in [1.807, 2.05) is 31.2 Å². The Labute approximate surface area is 65.7 Å². The Balaban J connectivity index is 0.000000179. The second-order valence-corrected chi connectivity index (χ2v) is 2.28. The van der Waals surface area contributed by atoms with Gasteiger partial charge in [0.1, 0.15) is 0 Å². The van der Waals surface area contributed by atoms with E-state index < -0.39 is 0 Å². The summed E-state index contributed by atoms with van der Waals surface area (Å²) in [5.74, 6) is 0. The van der Waals surface area contributed by atoms with Gasteiger partial charge >= 0.3 is 0 Å². The maximum Gasteiger partial charge on any atom is 0.194 e. The standard InChI is InChI=1S/C7H4O.C3H6/c8-7-5-3-1-2-4-6(5)7;1-3-2/h1-4H;3H,1H2,2H3. The Hall–Kier alpha value is -1.37. The van der Waals surface area contributed by atoms with Gasteiger partial charge in [0.2, 0.25) is 0 Å². The van der Waals surface area contributed by atoms with Crippen LogP contribution in [0.1, 0.15) is 6.92 Å².